The summed E-state index contributed by atoms with van der Waals surface area (Å²) in [5.74, 6) is 1.44. The van der Waals surface area contributed by atoms with Crippen LogP contribution in [-0.4, -0.2) is 7.05 Å². The topological polar surface area (TPSA) is 47.5 Å². The number of nitrogens with one attached hydrogen (secondary N) is 1. The van der Waals surface area contributed by atoms with Crippen LogP contribution in [0.2, 0.25) is 0 Å². The third-order valence-electron chi connectivity index (χ3n) is 3.55. The van der Waals surface area contributed by atoms with E-state index in [1.54, 1.807) is 12.5 Å². The fraction of sp³-hybridized carbons (Fsp3) is 0.250. The van der Waals surface area contributed by atoms with Crippen LogP contribution in [0.25, 0.3) is 11.0 Å². The Labute approximate surface area is 117 Å². The number of para-hydroxylation sites is 1. The summed E-state index contributed by atoms with van der Waals surface area (Å²) >= 11 is 0. The summed E-state index contributed by atoms with van der Waals surface area (Å²) in [5, 5.41) is 4.23. The number of ether oxygens (including phenoxy) is 1. The summed E-state index contributed by atoms with van der Waals surface area (Å²) in [5.41, 5.74) is 0.0389. The average molecular weight is 271 g/mol. The van der Waals surface area contributed by atoms with Crippen LogP contribution in [0.5, 0.6) is 5.75 Å². The summed E-state index contributed by atoms with van der Waals surface area (Å²) in [6, 6.07) is 11.5. The molecular formula is C16H17NO3. The van der Waals surface area contributed by atoms with Crippen LogP contribution in [0.4, 0.5) is 0 Å². The Balaban J connectivity index is 2.04. The van der Waals surface area contributed by atoms with Gasteiger partial charge in [-0.3, -0.25) is 5.32 Å². The molecule has 4 nitrogen and oxygen atoms in total. The van der Waals surface area contributed by atoms with E-state index in [1.807, 2.05) is 50.4 Å². The smallest absolute Gasteiger partial charge is 0.219 e. The molecule has 0 bridgehead atoms. The quantitative estimate of drug-likeness (QED) is 0.715. The third-order valence-corrected chi connectivity index (χ3v) is 3.55. The maximum atomic E-state index is 6.22. The molecule has 3 rings (SSSR count). The van der Waals surface area contributed by atoms with Gasteiger partial charge in [-0.25, -0.2) is 0 Å². The Bertz CT molecular complexity index is 681. The van der Waals surface area contributed by atoms with E-state index in [2.05, 4.69) is 5.32 Å². The predicted molar refractivity (Wildman–Crippen MR) is 76.6 cm³/mol. The second-order valence-electron chi connectivity index (χ2n) is 4.61. The van der Waals surface area contributed by atoms with Crippen molar-refractivity contribution in [3.8, 4) is 5.75 Å². The van der Waals surface area contributed by atoms with Crippen molar-refractivity contribution in [3.05, 3.63) is 54.7 Å². The van der Waals surface area contributed by atoms with Gasteiger partial charge < -0.3 is 13.6 Å². The van der Waals surface area contributed by atoms with Crippen LogP contribution in [-0.2, 0) is 5.72 Å². The Hall–Kier alpha value is -2.20. The average Bonchev–Trinajstić information content (AvgIpc) is 3.16. The summed E-state index contributed by atoms with van der Waals surface area (Å²) in [6.45, 7) is 2.04. The molecule has 0 aliphatic rings. The molecule has 2 aromatic heterocycles. The highest BCUT2D eigenvalue weighted by Crippen LogP contribution is 2.34. The van der Waals surface area contributed by atoms with Gasteiger partial charge in [-0.2, -0.15) is 0 Å². The van der Waals surface area contributed by atoms with Gasteiger partial charge in [-0.1, -0.05) is 19.1 Å². The lowest BCUT2D eigenvalue weighted by molar-refractivity contribution is 0.0117. The highest BCUT2D eigenvalue weighted by Gasteiger charge is 2.34. The highest BCUT2D eigenvalue weighted by molar-refractivity contribution is 5.82. The van der Waals surface area contributed by atoms with Crippen molar-refractivity contribution in [3.63, 3.8) is 0 Å². The molecule has 0 aliphatic heterocycles. The molecule has 0 amide bonds. The van der Waals surface area contributed by atoms with Crippen molar-refractivity contribution < 1.29 is 13.6 Å². The molecule has 1 aromatic carbocycles. The van der Waals surface area contributed by atoms with E-state index in [4.69, 9.17) is 13.6 Å². The van der Waals surface area contributed by atoms with E-state index in [1.165, 1.54) is 0 Å². The second-order valence-corrected chi connectivity index (χ2v) is 4.61. The van der Waals surface area contributed by atoms with Gasteiger partial charge >= 0.3 is 0 Å². The van der Waals surface area contributed by atoms with E-state index in [-0.39, 0.29) is 0 Å². The van der Waals surface area contributed by atoms with Gasteiger partial charge in [-0.15, -0.1) is 0 Å². The van der Waals surface area contributed by atoms with Crippen molar-refractivity contribution in [2.75, 3.05) is 7.05 Å². The second kappa shape index (κ2) is 5.06. The SMILES string of the molecule is CCC(NC)(Oc1cccc2ccoc12)c1ccco1. The first-order chi connectivity index (χ1) is 9.79. The molecule has 20 heavy (non-hydrogen) atoms. The molecule has 0 radical (unpaired) electrons. The molecule has 1 unspecified atom stereocenters. The molecule has 3 aromatic rings. The van der Waals surface area contributed by atoms with Crippen LogP contribution >= 0.6 is 0 Å². The Morgan fingerprint density at radius 3 is 2.70 bits per heavy atom. The summed E-state index contributed by atoms with van der Waals surface area (Å²) in [6.07, 6.45) is 4.03. The summed E-state index contributed by atoms with van der Waals surface area (Å²) in [7, 11) is 1.86. The molecule has 0 saturated heterocycles. The van der Waals surface area contributed by atoms with Crippen molar-refractivity contribution in [2.24, 2.45) is 0 Å². The summed E-state index contributed by atoms with van der Waals surface area (Å²) < 4.78 is 17.3. The van der Waals surface area contributed by atoms with Crippen molar-refractivity contribution in [2.45, 2.75) is 19.1 Å². The van der Waals surface area contributed by atoms with E-state index in [9.17, 15) is 0 Å². The predicted octanol–water partition coefficient (Wildman–Crippen LogP) is 3.89. The van der Waals surface area contributed by atoms with Crippen LogP contribution in [0.3, 0.4) is 0 Å². The third kappa shape index (κ3) is 1.98. The van der Waals surface area contributed by atoms with E-state index >= 15 is 0 Å². The lowest BCUT2D eigenvalue weighted by Gasteiger charge is -2.31. The Morgan fingerprint density at radius 1 is 1.10 bits per heavy atom. The van der Waals surface area contributed by atoms with E-state index in [0.717, 1.165) is 16.7 Å². The fourth-order valence-electron chi connectivity index (χ4n) is 2.39. The van der Waals surface area contributed by atoms with Gasteiger partial charge in [0.05, 0.1) is 12.5 Å². The van der Waals surface area contributed by atoms with Gasteiger partial charge in [0.25, 0.3) is 0 Å². The first kappa shape index (κ1) is 12.8. The first-order valence-corrected chi connectivity index (χ1v) is 6.67. The number of hydrogen-bond donors (Lipinski definition) is 1. The minimum atomic E-state index is -0.704. The van der Waals surface area contributed by atoms with Crippen molar-refractivity contribution in [1.29, 1.82) is 0 Å². The zero-order valence-electron chi connectivity index (χ0n) is 11.6. The monoisotopic (exact) mass is 271 g/mol. The molecule has 1 atom stereocenters. The first-order valence-electron chi connectivity index (χ1n) is 6.67. The Morgan fingerprint density at radius 2 is 2.00 bits per heavy atom. The van der Waals surface area contributed by atoms with Crippen LogP contribution < -0.4 is 10.1 Å². The van der Waals surface area contributed by atoms with Gasteiger partial charge in [0, 0.05) is 11.8 Å². The van der Waals surface area contributed by atoms with Gasteiger partial charge in [0.2, 0.25) is 5.72 Å². The zero-order valence-corrected chi connectivity index (χ0v) is 11.6. The minimum absolute atomic E-state index is 0.695. The molecule has 0 spiro atoms. The van der Waals surface area contributed by atoms with E-state index < -0.39 is 5.72 Å². The number of fused-ring (bicyclic) bond motifs is 1. The van der Waals surface area contributed by atoms with E-state index in [0.29, 0.717) is 12.2 Å². The number of rotatable bonds is 5. The molecular weight excluding hydrogens is 254 g/mol. The fourth-order valence-corrected chi connectivity index (χ4v) is 2.39. The van der Waals surface area contributed by atoms with Gasteiger partial charge in [0.15, 0.2) is 17.1 Å². The molecule has 4 heteroatoms. The maximum Gasteiger partial charge on any atom is 0.219 e. The Kier molecular flexibility index (Phi) is 3.24. The molecule has 104 valence electrons. The van der Waals surface area contributed by atoms with Gasteiger partial charge in [-0.05, 0) is 31.3 Å². The minimum Gasteiger partial charge on any atom is -0.464 e. The standard InChI is InChI=1S/C16H17NO3/c1-3-16(17-2,14-8-5-10-18-14)20-13-7-4-6-12-9-11-19-15(12)13/h4-11,17H,3H2,1-2H3. The van der Waals surface area contributed by atoms with Crippen molar-refractivity contribution >= 4 is 11.0 Å². The van der Waals surface area contributed by atoms with Gasteiger partial charge in [0.1, 0.15) is 0 Å². The lowest BCUT2D eigenvalue weighted by Crippen LogP contribution is -2.44. The molecule has 0 fully saturated rings. The number of furan rings is 2. The molecule has 0 aliphatic carbocycles. The number of hydrogen-bond acceptors (Lipinski definition) is 4. The maximum absolute atomic E-state index is 6.22. The van der Waals surface area contributed by atoms with Crippen LogP contribution in [0.15, 0.2) is 57.8 Å². The number of benzene rings is 1. The largest absolute Gasteiger partial charge is 0.464 e. The lowest BCUT2D eigenvalue weighted by atomic mass is 10.1. The molecule has 2 heterocycles. The van der Waals surface area contributed by atoms with Crippen LogP contribution in [0.1, 0.15) is 19.1 Å². The summed E-state index contributed by atoms with van der Waals surface area (Å²) in [4.78, 5) is 0. The molecule has 0 saturated carbocycles. The van der Waals surface area contributed by atoms with Crippen molar-refractivity contribution in [1.82, 2.24) is 5.32 Å². The zero-order chi connectivity index (χ0) is 14.0. The normalized spacial score (nSPS) is 14.3. The van der Waals surface area contributed by atoms with Crippen LogP contribution in [0, 0.1) is 0 Å². The highest BCUT2D eigenvalue weighted by atomic mass is 16.5. The molecule has 1 N–H and O–H groups in total.